The average molecular weight is 387 g/mol. The Morgan fingerprint density at radius 1 is 1.00 bits per heavy atom. The summed E-state index contributed by atoms with van der Waals surface area (Å²) < 4.78 is 0. The number of hydrogen-bond donors (Lipinski definition) is 2. The van der Waals surface area contributed by atoms with Gasteiger partial charge in [0.1, 0.15) is 5.82 Å². The third kappa shape index (κ3) is 5.22. The molecule has 1 aromatic heterocycles. The van der Waals surface area contributed by atoms with Crippen LogP contribution in [-0.2, 0) is 6.42 Å². The second-order valence-corrected chi connectivity index (χ2v) is 7.54. The van der Waals surface area contributed by atoms with E-state index in [9.17, 15) is 0 Å². The summed E-state index contributed by atoms with van der Waals surface area (Å²) in [5.41, 5.74) is 2.73. The molecule has 4 rings (SSSR count). The fourth-order valence-electron chi connectivity index (χ4n) is 4.41. The van der Waals surface area contributed by atoms with Crippen molar-refractivity contribution in [3.63, 3.8) is 0 Å². The Balaban J connectivity index is 0.00000113. The minimum absolute atomic E-state index is 0. The number of nitrogens with zero attached hydrogens (tertiary/aromatic N) is 2. The van der Waals surface area contributed by atoms with Crippen LogP contribution in [0, 0.1) is 5.92 Å². The smallest absolute Gasteiger partial charge is 0.129 e. The number of halogens is 2. The van der Waals surface area contributed by atoms with Crippen molar-refractivity contribution in [2.75, 3.05) is 44.6 Å². The zero-order valence-corrected chi connectivity index (χ0v) is 16.6. The van der Waals surface area contributed by atoms with Gasteiger partial charge in [0.25, 0.3) is 0 Å². The lowest BCUT2D eigenvalue weighted by atomic mass is 9.90. The first-order valence-corrected chi connectivity index (χ1v) is 9.55. The van der Waals surface area contributed by atoms with Gasteiger partial charge >= 0.3 is 0 Å². The molecule has 4 nitrogen and oxygen atoms in total. The van der Waals surface area contributed by atoms with Gasteiger partial charge in [0.05, 0.1) is 0 Å². The predicted octanol–water partition coefficient (Wildman–Crippen LogP) is 3.46. The van der Waals surface area contributed by atoms with Crippen LogP contribution in [0.3, 0.4) is 0 Å². The Kier molecular flexibility index (Phi) is 8.27. The van der Waals surface area contributed by atoms with E-state index >= 15 is 0 Å². The Morgan fingerprint density at radius 3 is 2.52 bits per heavy atom. The van der Waals surface area contributed by atoms with Gasteiger partial charge in [-0.25, -0.2) is 4.98 Å². The third-order valence-electron chi connectivity index (χ3n) is 5.90. The van der Waals surface area contributed by atoms with Crippen molar-refractivity contribution < 1.29 is 0 Å². The van der Waals surface area contributed by atoms with Crippen molar-refractivity contribution in [3.8, 4) is 0 Å². The van der Waals surface area contributed by atoms with Crippen LogP contribution in [0.4, 0.5) is 5.82 Å². The van der Waals surface area contributed by atoms with Crippen LogP contribution in [-0.4, -0.2) is 49.2 Å². The first kappa shape index (κ1) is 20.8. The number of likely N-dealkylation sites (tertiary alicyclic amines) is 1. The molecule has 25 heavy (non-hydrogen) atoms. The molecule has 0 aliphatic carbocycles. The molecular formula is C19H32Cl2N4. The molecule has 2 saturated heterocycles. The second-order valence-electron chi connectivity index (χ2n) is 7.54. The van der Waals surface area contributed by atoms with Crippen molar-refractivity contribution >= 4 is 30.6 Å². The Morgan fingerprint density at radius 2 is 1.76 bits per heavy atom. The summed E-state index contributed by atoms with van der Waals surface area (Å²) in [5.74, 6) is 2.73. The molecule has 0 amide bonds. The van der Waals surface area contributed by atoms with E-state index in [0.717, 1.165) is 18.3 Å². The lowest BCUT2D eigenvalue weighted by Gasteiger charge is -2.35. The molecule has 0 radical (unpaired) electrons. The molecule has 0 bridgehead atoms. The first-order valence-electron chi connectivity index (χ1n) is 9.55. The van der Waals surface area contributed by atoms with Crippen molar-refractivity contribution in [2.45, 2.75) is 44.4 Å². The van der Waals surface area contributed by atoms with Crippen LogP contribution >= 0.6 is 24.8 Å². The largest absolute Gasteiger partial charge is 0.370 e. The second kappa shape index (κ2) is 9.96. The quantitative estimate of drug-likeness (QED) is 0.834. The van der Waals surface area contributed by atoms with Crippen LogP contribution in [0.15, 0.2) is 12.1 Å². The van der Waals surface area contributed by atoms with Crippen LogP contribution < -0.4 is 10.6 Å². The van der Waals surface area contributed by atoms with Gasteiger partial charge in [-0.3, -0.25) is 0 Å². The number of pyridine rings is 1. The number of piperidine rings is 2. The number of aryl methyl sites for hydroxylation is 1. The molecule has 3 aliphatic heterocycles. The van der Waals surface area contributed by atoms with Crippen LogP contribution in [0.25, 0.3) is 0 Å². The van der Waals surface area contributed by atoms with E-state index in [4.69, 9.17) is 4.98 Å². The molecule has 0 aromatic carbocycles. The zero-order chi connectivity index (χ0) is 15.5. The zero-order valence-electron chi connectivity index (χ0n) is 15.0. The van der Waals surface area contributed by atoms with E-state index in [1.54, 1.807) is 0 Å². The van der Waals surface area contributed by atoms with Gasteiger partial charge < -0.3 is 15.5 Å². The van der Waals surface area contributed by atoms with Crippen LogP contribution in [0.5, 0.6) is 0 Å². The summed E-state index contributed by atoms with van der Waals surface area (Å²) in [7, 11) is 0. The summed E-state index contributed by atoms with van der Waals surface area (Å²) in [6.07, 6.45) is 7.69. The van der Waals surface area contributed by atoms with Gasteiger partial charge in [0.15, 0.2) is 0 Å². The molecule has 0 spiro atoms. The molecule has 1 aromatic rings. The number of nitrogens with one attached hydrogen (secondary N) is 2. The molecule has 6 heteroatoms. The van der Waals surface area contributed by atoms with E-state index in [2.05, 4.69) is 27.7 Å². The molecule has 2 fully saturated rings. The topological polar surface area (TPSA) is 40.2 Å². The van der Waals surface area contributed by atoms with E-state index < -0.39 is 0 Å². The molecular weight excluding hydrogens is 355 g/mol. The summed E-state index contributed by atoms with van der Waals surface area (Å²) in [5, 5.41) is 6.95. The van der Waals surface area contributed by atoms with Gasteiger partial charge in [-0.05, 0) is 82.3 Å². The summed E-state index contributed by atoms with van der Waals surface area (Å²) >= 11 is 0. The third-order valence-corrected chi connectivity index (χ3v) is 5.90. The summed E-state index contributed by atoms with van der Waals surface area (Å²) in [4.78, 5) is 7.64. The van der Waals surface area contributed by atoms with E-state index in [1.807, 2.05) is 0 Å². The van der Waals surface area contributed by atoms with Gasteiger partial charge in [0, 0.05) is 24.7 Å². The number of rotatable bonds is 3. The van der Waals surface area contributed by atoms with Crippen molar-refractivity contribution in [3.05, 3.63) is 23.4 Å². The number of anilines is 1. The van der Waals surface area contributed by atoms with Gasteiger partial charge in [0.2, 0.25) is 0 Å². The minimum atomic E-state index is 0. The van der Waals surface area contributed by atoms with Crippen molar-refractivity contribution in [2.24, 2.45) is 5.92 Å². The normalized spacial score (nSPS) is 22.2. The van der Waals surface area contributed by atoms with E-state index in [-0.39, 0.29) is 24.8 Å². The number of aromatic nitrogens is 1. The van der Waals surface area contributed by atoms with Crippen LogP contribution in [0.2, 0.25) is 0 Å². The fourth-order valence-corrected chi connectivity index (χ4v) is 4.41. The maximum Gasteiger partial charge on any atom is 0.129 e. The van der Waals surface area contributed by atoms with E-state index in [0.29, 0.717) is 5.92 Å². The predicted molar refractivity (Wildman–Crippen MR) is 110 cm³/mol. The Labute approximate surface area is 164 Å². The first-order chi connectivity index (χ1) is 11.4. The van der Waals surface area contributed by atoms with Crippen molar-refractivity contribution in [1.82, 2.24) is 15.2 Å². The van der Waals surface area contributed by atoms with Crippen molar-refractivity contribution in [1.29, 1.82) is 0 Å². The van der Waals surface area contributed by atoms with Gasteiger partial charge in [-0.2, -0.15) is 0 Å². The lowest BCUT2D eigenvalue weighted by molar-refractivity contribution is 0.166. The average Bonchev–Trinajstić information content (AvgIpc) is 2.63. The monoisotopic (exact) mass is 386 g/mol. The highest BCUT2D eigenvalue weighted by molar-refractivity contribution is 5.85. The molecule has 0 unspecified atom stereocenters. The molecule has 4 heterocycles. The highest BCUT2D eigenvalue weighted by Gasteiger charge is 2.25. The maximum atomic E-state index is 4.94. The molecule has 0 saturated carbocycles. The van der Waals surface area contributed by atoms with Gasteiger partial charge in [-0.15, -0.1) is 24.8 Å². The molecule has 142 valence electrons. The molecule has 0 atom stereocenters. The standard InChI is InChI=1S/C19H30N4.2ClH/c1-2-17-3-4-18(22-19(17)21-9-1)16-7-12-23(13-8-16)14-15-5-10-20-11-6-15;;/h3-4,15-16,20H,1-2,5-14H2,(H,21,22);2*1H. The summed E-state index contributed by atoms with van der Waals surface area (Å²) in [6.45, 7) is 7.33. The molecule has 2 N–H and O–H groups in total. The van der Waals surface area contributed by atoms with Crippen LogP contribution in [0.1, 0.15) is 49.3 Å². The van der Waals surface area contributed by atoms with E-state index in [1.165, 1.54) is 82.5 Å². The number of hydrogen-bond acceptors (Lipinski definition) is 4. The molecule has 3 aliphatic rings. The Bertz CT molecular complexity index is 526. The highest BCUT2D eigenvalue weighted by atomic mass is 35.5. The fraction of sp³-hybridized carbons (Fsp3) is 0.737. The minimum Gasteiger partial charge on any atom is -0.370 e. The Hall–Kier alpha value is -0.550. The lowest BCUT2D eigenvalue weighted by Crippen LogP contribution is -2.40. The highest BCUT2D eigenvalue weighted by Crippen LogP contribution is 2.30. The SMILES string of the molecule is Cl.Cl.c1cc2c(nc1C1CCN(CC3CCNCC3)CC1)NCCC2. The van der Waals surface area contributed by atoms with Gasteiger partial charge in [-0.1, -0.05) is 6.07 Å². The number of fused-ring (bicyclic) bond motifs is 1. The maximum absolute atomic E-state index is 4.94. The summed E-state index contributed by atoms with van der Waals surface area (Å²) in [6, 6.07) is 4.60.